The molecule has 0 aromatic heterocycles. The average molecular weight is 255 g/mol. The van der Waals surface area contributed by atoms with Crippen molar-refractivity contribution < 1.29 is 9.47 Å². The third-order valence-electron chi connectivity index (χ3n) is 5.17. The minimum Gasteiger partial charge on any atom is -0.347 e. The Hall–Kier alpha value is -0.120. The van der Waals surface area contributed by atoms with E-state index in [9.17, 15) is 0 Å². The van der Waals surface area contributed by atoms with E-state index in [2.05, 4.69) is 20.8 Å². The van der Waals surface area contributed by atoms with Gasteiger partial charge < -0.3 is 15.2 Å². The fourth-order valence-corrected chi connectivity index (χ4v) is 3.33. The number of ether oxygens (including phenoxy) is 2. The van der Waals surface area contributed by atoms with E-state index in [1.807, 2.05) is 0 Å². The molecule has 0 aromatic carbocycles. The Morgan fingerprint density at radius 1 is 1.28 bits per heavy atom. The van der Waals surface area contributed by atoms with Gasteiger partial charge in [0.25, 0.3) is 0 Å². The van der Waals surface area contributed by atoms with Crippen molar-refractivity contribution in [3.05, 3.63) is 0 Å². The summed E-state index contributed by atoms with van der Waals surface area (Å²) in [5.41, 5.74) is 6.04. The van der Waals surface area contributed by atoms with Crippen LogP contribution in [0, 0.1) is 11.3 Å². The van der Waals surface area contributed by atoms with Gasteiger partial charge in [-0.05, 0) is 37.1 Å². The molecular formula is C15H29NO2. The molecule has 1 unspecified atom stereocenters. The van der Waals surface area contributed by atoms with Crippen LogP contribution < -0.4 is 5.73 Å². The zero-order valence-corrected chi connectivity index (χ0v) is 12.2. The van der Waals surface area contributed by atoms with Crippen LogP contribution in [0.4, 0.5) is 0 Å². The molecule has 0 aromatic rings. The van der Waals surface area contributed by atoms with Gasteiger partial charge in [0, 0.05) is 12.8 Å². The van der Waals surface area contributed by atoms with Crippen LogP contribution in [0.1, 0.15) is 59.3 Å². The molecule has 18 heavy (non-hydrogen) atoms. The lowest BCUT2D eigenvalue weighted by molar-refractivity contribution is -0.197. The van der Waals surface area contributed by atoms with Crippen molar-refractivity contribution in [1.82, 2.24) is 0 Å². The Kier molecular flexibility index (Phi) is 4.35. The van der Waals surface area contributed by atoms with Crippen LogP contribution in [0.25, 0.3) is 0 Å². The molecule has 1 heterocycles. The first kappa shape index (κ1) is 14.3. The Morgan fingerprint density at radius 2 is 1.94 bits per heavy atom. The van der Waals surface area contributed by atoms with E-state index in [0.29, 0.717) is 12.0 Å². The van der Waals surface area contributed by atoms with Gasteiger partial charge in [-0.3, -0.25) is 0 Å². The van der Waals surface area contributed by atoms with Gasteiger partial charge in [0.2, 0.25) is 0 Å². The normalized spacial score (nSPS) is 37.3. The lowest BCUT2D eigenvalue weighted by atomic mass is 9.68. The predicted octanol–water partition coefficient (Wildman–Crippen LogP) is 3.07. The van der Waals surface area contributed by atoms with Crippen molar-refractivity contribution in [2.45, 2.75) is 71.2 Å². The summed E-state index contributed by atoms with van der Waals surface area (Å²) in [4.78, 5) is 0. The van der Waals surface area contributed by atoms with E-state index in [1.54, 1.807) is 0 Å². The fourth-order valence-electron chi connectivity index (χ4n) is 3.33. The third-order valence-corrected chi connectivity index (χ3v) is 5.17. The molecule has 0 radical (unpaired) electrons. The summed E-state index contributed by atoms with van der Waals surface area (Å²) in [6.45, 7) is 8.51. The molecule has 3 nitrogen and oxygen atoms in total. The van der Waals surface area contributed by atoms with E-state index in [4.69, 9.17) is 15.2 Å². The van der Waals surface area contributed by atoms with Crippen molar-refractivity contribution in [1.29, 1.82) is 0 Å². The molecule has 2 aliphatic rings. The molecule has 106 valence electrons. The van der Waals surface area contributed by atoms with Crippen LogP contribution in [-0.2, 0) is 9.47 Å². The molecule has 1 saturated carbocycles. The van der Waals surface area contributed by atoms with E-state index in [-0.39, 0.29) is 11.9 Å². The highest BCUT2D eigenvalue weighted by Gasteiger charge is 2.45. The quantitative estimate of drug-likeness (QED) is 0.839. The summed E-state index contributed by atoms with van der Waals surface area (Å²) in [5, 5.41) is 0. The van der Waals surface area contributed by atoms with Crippen LogP contribution in [0.15, 0.2) is 0 Å². The van der Waals surface area contributed by atoms with Crippen molar-refractivity contribution in [3.63, 3.8) is 0 Å². The summed E-state index contributed by atoms with van der Waals surface area (Å²) in [5.74, 6) is 0.550. The van der Waals surface area contributed by atoms with Crippen molar-refractivity contribution in [3.8, 4) is 0 Å². The summed E-state index contributed by atoms with van der Waals surface area (Å²) in [6, 6.07) is 0. The van der Waals surface area contributed by atoms with Gasteiger partial charge in [0.1, 0.15) is 0 Å². The highest BCUT2D eigenvalue weighted by Crippen LogP contribution is 2.47. The maximum Gasteiger partial charge on any atom is 0.168 e. The predicted molar refractivity (Wildman–Crippen MR) is 73.3 cm³/mol. The highest BCUT2D eigenvalue weighted by molar-refractivity contribution is 4.89. The molecule has 2 N–H and O–H groups in total. The number of nitrogens with two attached hydrogens (primary N) is 1. The second-order valence-electron chi connectivity index (χ2n) is 6.66. The Morgan fingerprint density at radius 3 is 2.50 bits per heavy atom. The highest BCUT2D eigenvalue weighted by atomic mass is 16.7. The van der Waals surface area contributed by atoms with Crippen LogP contribution in [0.3, 0.4) is 0 Å². The second kappa shape index (κ2) is 5.48. The SMILES string of the molecule is CCC(C)(C)C1CCC2(CC1)OCC(CCN)O2. The van der Waals surface area contributed by atoms with Gasteiger partial charge in [-0.25, -0.2) is 0 Å². The van der Waals surface area contributed by atoms with Crippen LogP contribution >= 0.6 is 0 Å². The Bertz CT molecular complexity index is 270. The van der Waals surface area contributed by atoms with Crippen molar-refractivity contribution in [2.75, 3.05) is 13.2 Å². The van der Waals surface area contributed by atoms with E-state index < -0.39 is 0 Å². The lowest BCUT2D eigenvalue weighted by Crippen LogP contribution is -2.39. The Labute approximate surface area is 111 Å². The third kappa shape index (κ3) is 2.89. The minimum absolute atomic E-state index is 0.228. The first-order valence-corrected chi connectivity index (χ1v) is 7.53. The molecule has 0 bridgehead atoms. The van der Waals surface area contributed by atoms with Gasteiger partial charge >= 0.3 is 0 Å². The van der Waals surface area contributed by atoms with E-state index in [1.165, 1.54) is 19.3 Å². The molecule has 1 spiro atoms. The molecule has 1 aliphatic heterocycles. The topological polar surface area (TPSA) is 44.5 Å². The monoisotopic (exact) mass is 255 g/mol. The van der Waals surface area contributed by atoms with Gasteiger partial charge in [-0.1, -0.05) is 27.2 Å². The first-order chi connectivity index (χ1) is 8.51. The number of hydrogen-bond acceptors (Lipinski definition) is 3. The Balaban J connectivity index is 1.87. The van der Waals surface area contributed by atoms with Gasteiger partial charge in [-0.2, -0.15) is 0 Å². The molecule has 2 fully saturated rings. The van der Waals surface area contributed by atoms with Crippen LogP contribution in [0.2, 0.25) is 0 Å². The molecular weight excluding hydrogens is 226 g/mol. The van der Waals surface area contributed by atoms with Crippen molar-refractivity contribution in [2.24, 2.45) is 17.1 Å². The summed E-state index contributed by atoms with van der Waals surface area (Å²) in [7, 11) is 0. The zero-order valence-electron chi connectivity index (χ0n) is 12.2. The molecule has 0 amide bonds. The van der Waals surface area contributed by atoms with Gasteiger partial charge in [0.05, 0.1) is 12.7 Å². The maximum atomic E-state index is 6.12. The van der Waals surface area contributed by atoms with E-state index >= 15 is 0 Å². The maximum absolute atomic E-state index is 6.12. The molecule has 1 atom stereocenters. The fraction of sp³-hybridized carbons (Fsp3) is 1.00. The molecule has 1 saturated heterocycles. The van der Waals surface area contributed by atoms with Crippen LogP contribution in [0.5, 0.6) is 0 Å². The van der Waals surface area contributed by atoms with Gasteiger partial charge in [0.15, 0.2) is 5.79 Å². The first-order valence-electron chi connectivity index (χ1n) is 7.53. The zero-order chi connectivity index (χ0) is 13.2. The summed E-state index contributed by atoms with van der Waals surface area (Å²) in [6.07, 6.45) is 6.98. The molecule has 1 aliphatic carbocycles. The minimum atomic E-state index is -0.264. The number of rotatable bonds is 4. The molecule has 3 heteroatoms. The van der Waals surface area contributed by atoms with Gasteiger partial charge in [-0.15, -0.1) is 0 Å². The summed E-state index contributed by atoms with van der Waals surface area (Å²) < 4.78 is 12.1. The van der Waals surface area contributed by atoms with E-state index in [0.717, 1.165) is 31.8 Å². The lowest BCUT2D eigenvalue weighted by Gasteiger charge is -2.42. The van der Waals surface area contributed by atoms with Crippen molar-refractivity contribution >= 4 is 0 Å². The summed E-state index contributed by atoms with van der Waals surface area (Å²) >= 11 is 0. The average Bonchev–Trinajstić information content (AvgIpc) is 2.73. The number of hydrogen-bond donors (Lipinski definition) is 1. The second-order valence-corrected chi connectivity index (χ2v) is 6.66. The largest absolute Gasteiger partial charge is 0.347 e. The smallest absolute Gasteiger partial charge is 0.168 e. The molecule has 2 rings (SSSR count). The van der Waals surface area contributed by atoms with Crippen LogP contribution in [-0.4, -0.2) is 25.0 Å². The standard InChI is InChI=1S/C15H29NO2/c1-4-14(2,3)12-5-8-15(9-6-12)17-11-13(18-15)7-10-16/h12-13H,4-11,16H2,1-3H3.